The van der Waals surface area contributed by atoms with Crippen LogP contribution in [0.15, 0.2) is 137 Å². The first kappa shape index (κ1) is 53.0. The van der Waals surface area contributed by atoms with Gasteiger partial charge in [-0.1, -0.05) is 223 Å². The van der Waals surface area contributed by atoms with Crippen molar-refractivity contribution in [1.29, 1.82) is 0 Å². The Morgan fingerprint density at radius 2 is 1.21 bits per heavy atom. The molecule has 0 amide bonds. The minimum atomic E-state index is -0.305. The fourth-order valence-electron chi connectivity index (χ4n) is 16.5. The number of benzene rings is 5. The summed E-state index contributed by atoms with van der Waals surface area (Å²) in [6, 6.07) is 36.9. The third-order valence-electron chi connectivity index (χ3n) is 21.4. The number of rotatable bonds is 3. The van der Waals surface area contributed by atoms with Crippen LogP contribution in [0.3, 0.4) is 0 Å². The molecule has 3 aliphatic heterocycles. The highest BCUT2D eigenvalue weighted by Gasteiger charge is 2.69. The van der Waals surface area contributed by atoms with Gasteiger partial charge in [-0.15, -0.1) is 11.8 Å². The van der Waals surface area contributed by atoms with Crippen molar-refractivity contribution >= 4 is 57.5 Å². The molecule has 2 nitrogen and oxygen atoms in total. The van der Waals surface area contributed by atoms with E-state index >= 15 is 0 Å². The SMILES string of the molecule is CC1C2=C(C=C3[C@H]1C(C)(C)CCC3(C)C)C1(C)B3c4c(cc(-c5cccc6ccccc56)cc4N(c4cc(C(C)(C)C)cc(C(C)(C)C)c4)[C@H]4C=C(C(C)(C)C)C=C[C@]34C)N(c3ccc4c(c3)C(C)(C)CCC4(C)C)C1S2. The quantitative estimate of drug-likeness (QED) is 0.166. The maximum atomic E-state index is 2.94. The summed E-state index contributed by atoms with van der Waals surface area (Å²) in [6.45, 7) is 50.2. The fourth-order valence-corrected chi connectivity index (χ4v) is 18.4. The molecule has 12 rings (SSSR count). The Balaban J connectivity index is 1.25. The van der Waals surface area contributed by atoms with Gasteiger partial charge in [0, 0.05) is 28.1 Å². The Morgan fingerprint density at radius 1 is 0.597 bits per heavy atom. The van der Waals surface area contributed by atoms with Gasteiger partial charge < -0.3 is 9.80 Å². The third-order valence-corrected chi connectivity index (χ3v) is 23.2. The topological polar surface area (TPSA) is 6.48 Å². The first-order valence-corrected chi connectivity index (χ1v) is 30.7. The maximum absolute atomic E-state index is 2.94. The summed E-state index contributed by atoms with van der Waals surface area (Å²) in [7, 11) is 0. The number of hydrogen-bond acceptors (Lipinski definition) is 3. The van der Waals surface area contributed by atoms with Crippen molar-refractivity contribution < 1.29 is 0 Å². The van der Waals surface area contributed by atoms with E-state index in [9.17, 15) is 0 Å². The first-order valence-electron chi connectivity index (χ1n) is 29.8. The van der Waals surface area contributed by atoms with Crippen molar-refractivity contribution in [2.45, 2.75) is 208 Å². The summed E-state index contributed by atoms with van der Waals surface area (Å²) in [4.78, 5) is 7.46. The van der Waals surface area contributed by atoms with Gasteiger partial charge in [0.1, 0.15) is 0 Å². The Kier molecular flexibility index (Phi) is 11.5. The smallest absolute Gasteiger partial charge is 0.208 e. The minimum absolute atomic E-state index is 0.0369. The van der Waals surface area contributed by atoms with Crippen molar-refractivity contribution in [2.75, 3.05) is 9.80 Å². The molecule has 0 aromatic heterocycles. The second kappa shape index (κ2) is 16.7. The monoisotopic (exact) mass is 1040 g/mol. The summed E-state index contributed by atoms with van der Waals surface area (Å²) >= 11 is 2.26. The van der Waals surface area contributed by atoms with E-state index in [1.807, 2.05) is 0 Å². The van der Waals surface area contributed by atoms with Crippen LogP contribution in [-0.2, 0) is 21.7 Å². The maximum Gasteiger partial charge on any atom is 0.208 e. The zero-order valence-electron chi connectivity index (χ0n) is 51.0. The molecule has 77 heavy (non-hydrogen) atoms. The average Bonchev–Trinajstić information content (AvgIpc) is 3.24. The van der Waals surface area contributed by atoms with Crippen LogP contribution in [0, 0.1) is 28.1 Å². The molecule has 0 bridgehead atoms. The molecular formula is C73H91BN2S. The lowest BCUT2D eigenvalue weighted by Crippen LogP contribution is -2.68. The van der Waals surface area contributed by atoms with Crippen molar-refractivity contribution in [3.8, 4) is 11.1 Å². The van der Waals surface area contributed by atoms with E-state index in [2.05, 4.69) is 275 Å². The summed E-state index contributed by atoms with van der Waals surface area (Å²) in [5.41, 5.74) is 20.4. The van der Waals surface area contributed by atoms with E-state index in [-0.39, 0.29) is 66.7 Å². The molecule has 4 heteroatoms. The highest BCUT2D eigenvalue weighted by Crippen LogP contribution is 2.74. The molecule has 7 aliphatic rings. The van der Waals surface area contributed by atoms with E-state index in [1.54, 1.807) is 16.1 Å². The molecule has 0 spiro atoms. The summed E-state index contributed by atoms with van der Waals surface area (Å²) < 4.78 is 0. The minimum Gasteiger partial charge on any atom is -0.335 e. The summed E-state index contributed by atoms with van der Waals surface area (Å²) in [5.74, 6) is 0.918. The third kappa shape index (κ3) is 7.83. The lowest BCUT2D eigenvalue weighted by Gasteiger charge is -2.62. The van der Waals surface area contributed by atoms with Crippen LogP contribution in [-0.4, -0.2) is 18.1 Å². The molecule has 3 unspecified atom stereocenters. The van der Waals surface area contributed by atoms with Crippen molar-refractivity contribution in [3.63, 3.8) is 0 Å². The molecule has 1 saturated carbocycles. The predicted molar refractivity (Wildman–Crippen MR) is 338 cm³/mol. The van der Waals surface area contributed by atoms with Gasteiger partial charge in [0.15, 0.2) is 0 Å². The van der Waals surface area contributed by atoms with Crippen LogP contribution < -0.4 is 15.3 Å². The van der Waals surface area contributed by atoms with Crippen LogP contribution >= 0.6 is 11.8 Å². The second-order valence-electron chi connectivity index (χ2n) is 31.7. The van der Waals surface area contributed by atoms with Gasteiger partial charge >= 0.3 is 0 Å². The van der Waals surface area contributed by atoms with Gasteiger partial charge in [-0.25, -0.2) is 0 Å². The normalized spacial score (nSPS) is 28.5. The number of hydrogen-bond donors (Lipinski definition) is 0. The first-order chi connectivity index (χ1) is 35.7. The highest BCUT2D eigenvalue weighted by molar-refractivity contribution is 8.04. The lowest BCUT2D eigenvalue weighted by atomic mass is 9.15. The van der Waals surface area contributed by atoms with Crippen LogP contribution in [0.5, 0.6) is 0 Å². The van der Waals surface area contributed by atoms with E-state index in [4.69, 9.17) is 0 Å². The molecular weight excluding hydrogens is 948 g/mol. The summed E-state index contributed by atoms with van der Waals surface area (Å²) in [5, 5.41) is 2.12. The standard InChI is InChI=1S/C73H91BN2S/c1-44-61-56(70(15,16)34-35-71(61,17)18)43-57-63(44)77-64-73(57,20)74-62-58(75(60-41-47(65(2,3)4)30-31-72(60,74)19)51-39-48(66(5,6)7)38-49(40-51)67(8,9)10)36-46(53-27-23-25-45-24-21-22-26-52(45)53)37-59(62)76(64)50-28-29-54-55(42-50)69(13,14)33-32-68(54,11)12/h21-31,36-44,60-61,64H,32-35H2,1-20H3/t44?,60-,61-,64?,72-,73?/m0/s1. The van der Waals surface area contributed by atoms with Crippen LogP contribution in [0.25, 0.3) is 21.9 Å². The number of thioether (sulfide) groups is 1. The molecule has 5 aromatic carbocycles. The van der Waals surface area contributed by atoms with Gasteiger partial charge in [-0.05, 0) is 183 Å². The molecule has 0 N–H and O–H groups in total. The van der Waals surface area contributed by atoms with Crippen LogP contribution in [0.4, 0.5) is 22.7 Å². The molecule has 1 fully saturated rings. The molecule has 402 valence electrons. The predicted octanol–water partition coefficient (Wildman–Crippen LogP) is 20.3. The van der Waals surface area contributed by atoms with Gasteiger partial charge in [-0.3, -0.25) is 0 Å². The Morgan fingerprint density at radius 3 is 1.86 bits per heavy atom. The molecule has 5 aromatic rings. The van der Waals surface area contributed by atoms with E-state index in [1.165, 1.54) is 104 Å². The van der Waals surface area contributed by atoms with Crippen molar-refractivity contribution in [3.05, 3.63) is 159 Å². The number of allylic oxidation sites excluding steroid dienone is 5. The number of fused-ring (bicyclic) bond motifs is 8. The molecule has 0 saturated heterocycles. The fraction of sp³-hybridized carbons (Fsp3) is 0.507. The van der Waals surface area contributed by atoms with Gasteiger partial charge in [0.25, 0.3) is 0 Å². The molecule has 0 radical (unpaired) electrons. The Labute approximate surface area is 470 Å². The van der Waals surface area contributed by atoms with Crippen LogP contribution in [0.2, 0.25) is 10.6 Å². The Bertz CT molecular complexity index is 3400. The average molecular weight is 1040 g/mol. The number of anilines is 4. The van der Waals surface area contributed by atoms with E-state index in [0.717, 1.165) is 0 Å². The van der Waals surface area contributed by atoms with Crippen molar-refractivity contribution in [2.24, 2.45) is 28.1 Å². The van der Waals surface area contributed by atoms with E-state index in [0.29, 0.717) is 11.8 Å². The largest absolute Gasteiger partial charge is 0.335 e. The summed E-state index contributed by atoms with van der Waals surface area (Å²) in [6.07, 6.45) is 15.8. The number of nitrogens with zero attached hydrogens (tertiary/aromatic N) is 2. The highest BCUT2D eigenvalue weighted by atomic mass is 32.2. The molecule has 3 heterocycles. The zero-order valence-corrected chi connectivity index (χ0v) is 51.8. The van der Waals surface area contributed by atoms with Crippen molar-refractivity contribution in [1.82, 2.24) is 0 Å². The van der Waals surface area contributed by atoms with E-state index < -0.39 is 0 Å². The van der Waals surface area contributed by atoms with Gasteiger partial charge in [0.05, 0.1) is 11.4 Å². The zero-order chi connectivity index (χ0) is 55.3. The van der Waals surface area contributed by atoms with Gasteiger partial charge in [0.2, 0.25) is 6.71 Å². The molecule has 6 atom stereocenters. The lowest BCUT2D eigenvalue weighted by molar-refractivity contribution is 0.0954. The van der Waals surface area contributed by atoms with Gasteiger partial charge in [-0.2, -0.15) is 0 Å². The molecule has 4 aliphatic carbocycles. The van der Waals surface area contributed by atoms with Crippen LogP contribution in [0.1, 0.15) is 186 Å². The Hall–Kier alpha value is -4.67. The second-order valence-corrected chi connectivity index (χ2v) is 32.8.